The lowest BCUT2D eigenvalue weighted by molar-refractivity contribution is -0.140. The third kappa shape index (κ3) is 3.01. The lowest BCUT2D eigenvalue weighted by atomic mass is 9.78. The van der Waals surface area contributed by atoms with Gasteiger partial charge in [-0.15, -0.1) is 0 Å². The molecular weight excluding hydrogens is 244 g/mol. The maximum atomic E-state index is 12.5. The summed E-state index contributed by atoms with van der Waals surface area (Å²) in [4.78, 5) is 27.1. The van der Waals surface area contributed by atoms with Gasteiger partial charge in [0.05, 0.1) is 12.0 Å². The number of hydrogen-bond donors (Lipinski definition) is 1. The Kier molecular flexibility index (Phi) is 4.02. The second-order valence-corrected chi connectivity index (χ2v) is 6.04. The Bertz CT molecular complexity index is 360. The Hall–Kier alpha value is -1.26. The van der Waals surface area contributed by atoms with E-state index < -0.39 is 11.5 Å². The summed E-state index contributed by atoms with van der Waals surface area (Å²) in [5, 5.41) is 9.17. The lowest BCUT2D eigenvalue weighted by Crippen LogP contribution is -2.55. The number of carboxylic acids is 1. The van der Waals surface area contributed by atoms with E-state index in [1.165, 1.54) is 0 Å². The van der Waals surface area contributed by atoms with Crippen molar-refractivity contribution in [3.05, 3.63) is 0 Å². The fraction of sp³-hybridized carbons (Fsp3) is 0.857. The molecule has 2 aliphatic rings. The van der Waals surface area contributed by atoms with E-state index in [9.17, 15) is 14.7 Å². The summed E-state index contributed by atoms with van der Waals surface area (Å²) in [6, 6.07) is 0.339. The van der Waals surface area contributed by atoms with E-state index in [2.05, 4.69) is 0 Å². The molecule has 2 saturated carbocycles. The van der Waals surface area contributed by atoms with Gasteiger partial charge < -0.3 is 14.9 Å². The van der Waals surface area contributed by atoms with Crippen molar-refractivity contribution in [2.45, 2.75) is 62.9 Å². The van der Waals surface area contributed by atoms with Crippen LogP contribution in [0, 0.1) is 0 Å². The van der Waals surface area contributed by atoms with Crippen LogP contribution in [-0.2, 0) is 4.79 Å². The van der Waals surface area contributed by atoms with Crippen LogP contribution in [0.2, 0.25) is 0 Å². The van der Waals surface area contributed by atoms with Gasteiger partial charge in [-0.1, -0.05) is 19.3 Å². The van der Waals surface area contributed by atoms with Crippen molar-refractivity contribution in [3.63, 3.8) is 0 Å². The quantitative estimate of drug-likeness (QED) is 0.851. The fourth-order valence-electron chi connectivity index (χ4n) is 3.18. The zero-order valence-corrected chi connectivity index (χ0v) is 11.9. The summed E-state index contributed by atoms with van der Waals surface area (Å²) in [5.41, 5.74) is -0.482. The Morgan fingerprint density at radius 1 is 1.16 bits per heavy atom. The molecule has 0 aromatic carbocycles. The summed E-state index contributed by atoms with van der Waals surface area (Å²) in [6.07, 6.45) is 6.98. The van der Waals surface area contributed by atoms with Crippen LogP contribution in [-0.4, -0.2) is 52.6 Å². The highest BCUT2D eigenvalue weighted by molar-refractivity contribution is 5.77. The van der Waals surface area contributed by atoms with Gasteiger partial charge in [0.2, 0.25) is 0 Å². The molecule has 0 atom stereocenters. The largest absolute Gasteiger partial charge is 0.481 e. The number of hydrogen-bond acceptors (Lipinski definition) is 2. The van der Waals surface area contributed by atoms with E-state index in [0.717, 1.165) is 44.9 Å². The first-order valence-electron chi connectivity index (χ1n) is 7.19. The highest BCUT2D eigenvalue weighted by Gasteiger charge is 2.43. The van der Waals surface area contributed by atoms with Crippen LogP contribution in [0.3, 0.4) is 0 Å². The molecule has 0 heterocycles. The first-order chi connectivity index (χ1) is 8.96. The molecular formula is C14H24N2O3. The molecule has 2 amide bonds. The van der Waals surface area contributed by atoms with Gasteiger partial charge in [-0.2, -0.15) is 0 Å². The molecule has 0 unspecified atom stereocenters. The number of carbonyl (C=O) groups is 2. The monoisotopic (exact) mass is 268 g/mol. The number of rotatable bonds is 4. The van der Waals surface area contributed by atoms with E-state index in [1.54, 1.807) is 16.8 Å². The second-order valence-electron chi connectivity index (χ2n) is 6.04. The maximum absolute atomic E-state index is 12.5. The van der Waals surface area contributed by atoms with Crippen LogP contribution < -0.4 is 0 Å². The predicted molar refractivity (Wildman–Crippen MR) is 72.0 cm³/mol. The van der Waals surface area contributed by atoms with Crippen LogP contribution in [0.4, 0.5) is 4.79 Å². The molecule has 1 N–H and O–H groups in total. The molecule has 0 aromatic rings. The van der Waals surface area contributed by atoms with Gasteiger partial charge in [0.1, 0.15) is 0 Å². The number of nitrogens with zero attached hydrogens (tertiary/aromatic N) is 2. The normalized spacial score (nSPS) is 21.8. The molecule has 2 aliphatic carbocycles. The maximum Gasteiger partial charge on any atom is 0.320 e. The minimum Gasteiger partial charge on any atom is -0.481 e. The number of urea groups is 1. The van der Waals surface area contributed by atoms with Crippen molar-refractivity contribution in [2.24, 2.45) is 0 Å². The van der Waals surface area contributed by atoms with Crippen LogP contribution in [0.1, 0.15) is 51.4 Å². The average molecular weight is 268 g/mol. The van der Waals surface area contributed by atoms with Gasteiger partial charge in [0.15, 0.2) is 0 Å². The van der Waals surface area contributed by atoms with Crippen LogP contribution in [0.5, 0.6) is 0 Å². The van der Waals surface area contributed by atoms with Crippen molar-refractivity contribution in [1.29, 1.82) is 0 Å². The van der Waals surface area contributed by atoms with E-state index in [0.29, 0.717) is 6.04 Å². The van der Waals surface area contributed by atoms with Gasteiger partial charge in [-0.05, 0) is 25.7 Å². The highest BCUT2D eigenvalue weighted by atomic mass is 16.4. The second kappa shape index (κ2) is 5.39. The number of carboxylic acid groups (broad SMARTS) is 1. The molecule has 0 bridgehead atoms. The number of aliphatic carboxylic acids is 1. The zero-order chi connectivity index (χ0) is 14.0. The molecule has 0 aromatic heterocycles. The van der Waals surface area contributed by atoms with Crippen molar-refractivity contribution in [1.82, 2.24) is 9.80 Å². The van der Waals surface area contributed by atoms with Gasteiger partial charge in [-0.25, -0.2) is 4.79 Å². The highest BCUT2D eigenvalue weighted by Crippen LogP contribution is 2.37. The minimum atomic E-state index is -0.810. The molecule has 5 heteroatoms. The molecule has 0 aliphatic heterocycles. The van der Waals surface area contributed by atoms with Gasteiger partial charge in [-0.3, -0.25) is 4.79 Å². The molecule has 108 valence electrons. The summed E-state index contributed by atoms with van der Waals surface area (Å²) >= 11 is 0. The van der Waals surface area contributed by atoms with Crippen molar-refractivity contribution < 1.29 is 14.7 Å². The molecule has 0 saturated heterocycles. The predicted octanol–water partition coefficient (Wildman–Crippen LogP) is 2.31. The molecule has 5 nitrogen and oxygen atoms in total. The van der Waals surface area contributed by atoms with Crippen molar-refractivity contribution in [3.8, 4) is 0 Å². The first-order valence-corrected chi connectivity index (χ1v) is 7.19. The summed E-state index contributed by atoms with van der Waals surface area (Å²) in [5.74, 6) is -0.810. The third-order valence-electron chi connectivity index (χ3n) is 4.66. The summed E-state index contributed by atoms with van der Waals surface area (Å²) in [6.45, 7) is 0. The van der Waals surface area contributed by atoms with E-state index >= 15 is 0 Å². The van der Waals surface area contributed by atoms with Crippen molar-refractivity contribution in [2.75, 3.05) is 14.1 Å². The standard InChI is InChI=1S/C14H24N2O3/c1-15(11-6-7-11)13(19)16(2)14(10-12(17)18)8-4-3-5-9-14/h11H,3-10H2,1-2H3,(H,17,18). The molecule has 2 fully saturated rings. The third-order valence-corrected chi connectivity index (χ3v) is 4.66. The average Bonchev–Trinajstić information content (AvgIpc) is 3.20. The van der Waals surface area contributed by atoms with Crippen LogP contribution in [0.25, 0.3) is 0 Å². The van der Waals surface area contributed by atoms with E-state index in [-0.39, 0.29) is 12.5 Å². The molecule has 0 spiro atoms. The molecule has 2 rings (SSSR count). The van der Waals surface area contributed by atoms with Gasteiger partial charge >= 0.3 is 12.0 Å². The topological polar surface area (TPSA) is 60.9 Å². The minimum absolute atomic E-state index is 0.0225. The lowest BCUT2D eigenvalue weighted by Gasteiger charge is -2.45. The number of carbonyl (C=O) groups excluding carboxylic acids is 1. The van der Waals surface area contributed by atoms with Crippen LogP contribution >= 0.6 is 0 Å². The smallest absolute Gasteiger partial charge is 0.320 e. The van der Waals surface area contributed by atoms with E-state index in [4.69, 9.17) is 0 Å². The SMILES string of the molecule is CN(C(=O)N(C)C1(CC(=O)O)CCCCC1)C1CC1. The van der Waals surface area contributed by atoms with Crippen LogP contribution in [0.15, 0.2) is 0 Å². The zero-order valence-electron chi connectivity index (χ0n) is 11.9. The fourth-order valence-corrected chi connectivity index (χ4v) is 3.18. The number of amides is 2. The molecule has 19 heavy (non-hydrogen) atoms. The molecule has 0 radical (unpaired) electrons. The van der Waals surface area contributed by atoms with E-state index in [1.807, 2.05) is 7.05 Å². The Morgan fingerprint density at radius 3 is 2.21 bits per heavy atom. The Labute approximate surface area is 114 Å². The summed E-state index contributed by atoms with van der Waals surface area (Å²) in [7, 11) is 3.60. The van der Waals surface area contributed by atoms with Gasteiger partial charge in [0, 0.05) is 20.1 Å². The van der Waals surface area contributed by atoms with Gasteiger partial charge in [0.25, 0.3) is 0 Å². The Morgan fingerprint density at radius 2 is 1.74 bits per heavy atom. The van der Waals surface area contributed by atoms with Crippen molar-refractivity contribution >= 4 is 12.0 Å². The summed E-state index contributed by atoms with van der Waals surface area (Å²) < 4.78 is 0. The first kappa shape index (κ1) is 14.2. The Balaban J connectivity index is 2.11.